The van der Waals surface area contributed by atoms with Crippen LogP contribution in [-0.4, -0.2) is 228 Å². The topological polar surface area (TPSA) is 366 Å². The second-order valence-corrected chi connectivity index (χ2v) is 13.2. The van der Waals surface area contributed by atoms with E-state index in [0.717, 1.165) is 0 Å². The smallest absolute Gasteiger partial charge is 0.229 e. The first-order valence-corrected chi connectivity index (χ1v) is 16.9. The summed E-state index contributed by atoms with van der Waals surface area (Å²) < 4.78 is 49.0. The van der Waals surface area contributed by atoms with Gasteiger partial charge < -0.3 is 114 Å². The lowest BCUT2D eigenvalue weighted by Crippen LogP contribution is -2.63. The first-order chi connectivity index (χ1) is 25.6. The molecule has 0 saturated carbocycles. The van der Waals surface area contributed by atoms with Crippen LogP contribution in [0.15, 0.2) is 18.2 Å². The van der Waals surface area contributed by atoms with E-state index in [1.807, 2.05) is 0 Å². The van der Waals surface area contributed by atoms with E-state index in [2.05, 4.69) is 0 Å². The van der Waals surface area contributed by atoms with E-state index in [-0.39, 0.29) is 17.2 Å². The largest absolute Gasteiger partial charge is 0.504 e. The highest BCUT2D eigenvalue weighted by Gasteiger charge is 2.50. The number of phenols is 1. The number of aliphatic hydroxyl groups is 13. The van der Waals surface area contributed by atoms with E-state index in [9.17, 15) is 71.5 Å². The number of ether oxygens (including phenoxy) is 9. The zero-order chi connectivity index (χ0) is 39.6. The minimum absolute atomic E-state index is 0.0278. The molecule has 20 atom stereocenters. The van der Waals surface area contributed by atoms with Gasteiger partial charge in [0.25, 0.3) is 0 Å². The molecule has 0 aromatic heterocycles. The molecule has 4 heterocycles. The van der Waals surface area contributed by atoms with E-state index < -0.39 is 149 Å². The lowest BCUT2D eigenvalue weighted by molar-refractivity contribution is -0.346. The second kappa shape index (κ2) is 18.4. The van der Waals surface area contributed by atoms with Gasteiger partial charge in [0.2, 0.25) is 6.29 Å². The maximum Gasteiger partial charge on any atom is 0.229 e. The molecule has 0 amide bonds. The van der Waals surface area contributed by atoms with Crippen LogP contribution in [0.4, 0.5) is 0 Å². The van der Waals surface area contributed by atoms with Crippen LogP contribution in [0.25, 0.3) is 0 Å². The molecule has 4 fully saturated rings. The van der Waals surface area contributed by atoms with Crippen molar-refractivity contribution >= 4 is 0 Å². The normalized spacial score (nSPS) is 45.9. The average molecular weight is 789 g/mol. The van der Waals surface area contributed by atoms with Crippen molar-refractivity contribution in [2.24, 2.45) is 0 Å². The second-order valence-electron chi connectivity index (χ2n) is 13.2. The van der Waals surface area contributed by atoms with Crippen LogP contribution in [0.2, 0.25) is 0 Å². The Bertz CT molecular complexity index is 1330. The predicted molar refractivity (Wildman–Crippen MR) is 167 cm³/mol. The highest BCUT2D eigenvalue weighted by molar-refractivity contribution is 5.44. The van der Waals surface area contributed by atoms with Crippen molar-refractivity contribution in [1.29, 1.82) is 0 Å². The molecular formula is C31H48O23. The minimum Gasteiger partial charge on any atom is -0.504 e. The highest BCUT2D eigenvalue weighted by atomic mass is 16.8. The Hall–Kier alpha value is -2.18. The molecule has 1 aromatic rings. The summed E-state index contributed by atoms with van der Waals surface area (Å²) in [4.78, 5) is 0. The van der Waals surface area contributed by atoms with Crippen LogP contribution in [0, 0.1) is 0 Å². The van der Waals surface area contributed by atoms with Gasteiger partial charge in [0.1, 0.15) is 103 Å². The first-order valence-electron chi connectivity index (χ1n) is 16.9. The van der Waals surface area contributed by atoms with Crippen molar-refractivity contribution in [3.63, 3.8) is 0 Å². The summed E-state index contributed by atoms with van der Waals surface area (Å²) >= 11 is 0. The molecule has 0 spiro atoms. The Labute approximate surface area is 306 Å². The molecule has 0 bridgehead atoms. The number of rotatable bonds is 13. The summed E-state index contributed by atoms with van der Waals surface area (Å²) in [6.45, 7) is -2.73. The average Bonchev–Trinajstić information content (AvgIpc) is 3.16. The summed E-state index contributed by atoms with van der Waals surface area (Å²) in [6, 6.07) is 3.83. The SMILES string of the molecule is COc1cc(O[C@@H]2O[C@H](CO[C@@H]3O[C@H](CO[C@@H]4O[C@H](CO[C@@H]5O[C@H](CO)[C@@H](O)[C@H](O)[C@H]5O)[C@@H](O)[C@H](O)[C@H]4O)[C@@H](O)[C@H](O)[C@H]3O)[C@@H](O)[C@H](O)[C@H]2O)ccc1O. The molecule has 14 N–H and O–H groups in total. The molecule has 5 rings (SSSR count). The fraction of sp³-hybridized carbons (Fsp3) is 0.806. The van der Waals surface area contributed by atoms with E-state index in [4.69, 9.17) is 42.6 Å². The Morgan fingerprint density at radius 2 is 0.833 bits per heavy atom. The van der Waals surface area contributed by atoms with Gasteiger partial charge in [-0.3, -0.25) is 0 Å². The van der Waals surface area contributed by atoms with Crippen LogP contribution >= 0.6 is 0 Å². The van der Waals surface area contributed by atoms with Crippen molar-refractivity contribution in [3.8, 4) is 17.2 Å². The quantitative estimate of drug-likeness (QED) is 0.0882. The fourth-order valence-corrected chi connectivity index (χ4v) is 6.18. The third-order valence-electron chi connectivity index (χ3n) is 9.53. The highest BCUT2D eigenvalue weighted by Crippen LogP contribution is 2.33. The number of aromatic hydroxyl groups is 1. The lowest BCUT2D eigenvalue weighted by atomic mass is 9.98. The van der Waals surface area contributed by atoms with Crippen LogP contribution in [0.1, 0.15) is 0 Å². The molecule has 1 aromatic carbocycles. The fourth-order valence-electron chi connectivity index (χ4n) is 6.18. The van der Waals surface area contributed by atoms with Crippen LogP contribution in [0.3, 0.4) is 0 Å². The Morgan fingerprint density at radius 3 is 1.22 bits per heavy atom. The van der Waals surface area contributed by atoms with Crippen LogP contribution in [-0.2, 0) is 33.2 Å². The van der Waals surface area contributed by atoms with Gasteiger partial charge in [-0.15, -0.1) is 0 Å². The van der Waals surface area contributed by atoms with Gasteiger partial charge in [0, 0.05) is 6.07 Å². The van der Waals surface area contributed by atoms with Gasteiger partial charge in [-0.05, 0) is 12.1 Å². The molecule has 0 unspecified atom stereocenters. The molecule has 4 saturated heterocycles. The molecule has 0 aliphatic carbocycles. The maximum atomic E-state index is 10.6. The summed E-state index contributed by atoms with van der Waals surface area (Å²) in [6.07, 6.45) is -34.1. The molecule has 54 heavy (non-hydrogen) atoms. The number of aliphatic hydroxyl groups excluding tert-OH is 13. The van der Waals surface area contributed by atoms with E-state index >= 15 is 0 Å². The molecule has 0 radical (unpaired) electrons. The Balaban J connectivity index is 1.17. The molecule has 4 aliphatic heterocycles. The number of phenolic OH excluding ortho intramolecular Hbond substituents is 1. The summed E-state index contributed by atoms with van der Waals surface area (Å²) in [5.41, 5.74) is 0. The zero-order valence-corrected chi connectivity index (χ0v) is 28.5. The van der Waals surface area contributed by atoms with E-state index in [1.54, 1.807) is 0 Å². The minimum atomic E-state index is -1.91. The molecule has 4 aliphatic rings. The monoisotopic (exact) mass is 788 g/mol. The van der Waals surface area contributed by atoms with Gasteiger partial charge in [-0.2, -0.15) is 0 Å². The summed E-state index contributed by atoms with van der Waals surface area (Å²) in [5.74, 6) is -0.133. The summed E-state index contributed by atoms with van der Waals surface area (Å²) in [5, 5.41) is 144. The Kier molecular flexibility index (Phi) is 14.6. The number of methoxy groups -OCH3 is 1. The van der Waals surface area contributed by atoms with Gasteiger partial charge in [0.05, 0.1) is 33.5 Å². The number of hydrogen-bond acceptors (Lipinski definition) is 23. The lowest BCUT2D eigenvalue weighted by Gasteiger charge is -2.44. The predicted octanol–water partition coefficient (Wildman–Crippen LogP) is -7.95. The third kappa shape index (κ3) is 9.17. The Morgan fingerprint density at radius 1 is 0.481 bits per heavy atom. The van der Waals surface area contributed by atoms with Crippen molar-refractivity contribution in [2.75, 3.05) is 33.5 Å². The summed E-state index contributed by atoms with van der Waals surface area (Å²) in [7, 11) is 1.29. The van der Waals surface area contributed by atoms with Crippen molar-refractivity contribution in [2.45, 2.75) is 123 Å². The van der Waals surface area contributed by atoms with Gasteiger partial charge in [-0.1, -0.05) is 0 Å². The van der Waals surface area contributed by atoms with E-state index in [1.165, 1.54) is 25.3 Å². The standard InChI is InChI=1S/C31H48O23/c1-46-11-4-9(2-3-10(11)33)50-31-27(45)23(41)19(37)15(54-31)8-49-30-26(44)22(40)18(36)14(53-30)7-48-29-25(43)21(39)17(35)13(52-29)6-47-28-24(42)20(38)16(34)12(5-32)51-28/h2-4,12-45H,5-8H2,1H3/t12-,13-,14-,15-,16-,17-,18-,19-,20+,21+,22+,23+,24-,25-,26-,27-,28-,29-,30-,31-/m1/s1. The van der Waals surface area contributed by atoms with Gasteiger partial charge in [0.15, 0.2) is 30.4 Å². The van der Waals surface area contributed by atoms with Crippen molar-refractivity contribution in [3.05, 3.63) is 18.2 Å². The van der Waals surface area contributed by atoms with Crippen molar-refractivity contribution in [1.82, 2.24) is 0 Å². The van der Waals surface area contributed by atoms with Gasteiger partial charge >= 0.3 is 0 Å². The molecule has 23 nitrogen and oxygen atoms in total. The first kappa shape index (κ1) is 43.0. The van der Waals surface area contributed by atoms with Crippen LogP contribution in [0.5, 0.6) is 17.2 Å². The molecule has 310 valence electrons. The zero-order valence-electron chi connectivity index (χ0n) is 28.5. The van der Waals surface area contributed by atoms with Gasteiger partial charge in [-0.25, -0.2) is 0 Å². The maximum absolute atomic E-state index is 10.6. The molecule has 23 heteroatoms. The van der Waals surface area contributed by atoms with Crippen molar-refractivity contribution < 1.29 is 114 Å². The van der Waals surface area contributed by atoms with Crippen LogP contribution < -0.4 is 9.47 Å². The number of benzene rings is 1. The van der Waals surface area contributed by atoms with E-state index in [0.29, 0.717) is 0 Å². The number of hydrogen-bond donors (Lipinski definition) is 14. The molecular weight excluding hydrogens is 740 g/mol. The third-order valence-corrected chi connectivity index (χ3v) is 9.53.